The Balaban J connectivity index is 1.49. The number of carbonyl (C=O) groups is 2. The third-order valence-electron chi connectivity index (χ3n) is 3.82. The molecule has 0 saturated heterocycles. The van der Waals surface area contributed by atoms with E-state index in [9.17, 15) is 9.59 Å². The molecule has 0 aliphatic heterocycles. The minimum absolute atomic E-state index is 0.118. The van der Waals surface area contributed by atoms with E-state index < -0.39 is 0 Å². The third kappa shape index (κ3) is 3.71. The second kappa shape index (κ2) is 6.56. The molecule has 2 amide bonds. The van der Waals surface area contributed by atoms with Gasteiger partial charge in [0.25, 0.3) is 0 Å². The van der Waals surface area contributed by atoms with Crippen LogP contribution in [0.2, 0.25) is 0 Å². The molecule has 6 heteroatoms. The van der Waals surface area contributed by atoms with E-state index in [0.717, 1.165) is 0 Å². The van der Waals surface area contributed by atoms with Crippen molar-refractivity contribution in [2.45, 2.75) is 13.0 Å². The van der Waals surface area contributed by atoms with Crippen molar-refractivity contribution in [2.75, 3.05) is 12.4 Å². The second-order valence-corrected chi connectivity index (χ2v) is 5.47. The number of benzene rings is 1. The summed E-state index contributed by atoms with van der Waals surface area (Å²) in [6, 6.07) is 10.7. The average Bonchev–Trinajstić information content (AvgIpc) is 3.21. The fraction of sp³-hybridized carbons (Fsp3) is 0.294. The summed E-state index contributed by atoms with van der Waals surface area (Å²) < 4.78 is 10.3. The first-order valence-electron chi connectivity index (χ1n) is 7.42. The highest BCUT2D eigenvalue weighted by Crippen LogP contribution is 2.39. The van der Waals surface area contributed by atoms with Gasteiger partial charge in [-0.15, -0.1) is 0 Å². The number of ether oxygens (including phenoxy) is 1. The van der Waals surface area contributed by atoms with Gasteiger partial charge in [-0.25, -0.2) is 0 Å². The van der Waals surface area contributed by atoms with E-state index >= 15 is 0 Å². The van der Waals surface area contributed by atoms with Crippen LogP contribution in [0.1, 0.15) is 12.2 Å². The lowest BCUT2D eigenvalue weighted by Crippen LogP contribution is -2.26. The summed E-state index contributed by atoms with van der Waals surface area (Å²) in [5, 5.41) is 5.60. The number of amides is 2. The highest BCUT2D eigenvalue weighted by Gasteiger charge is 2.47. The van der Waals surface area contributed by atoms with Gasteiger partial charge >= 0.3 is 0 Å². The van der Waals surface area contributed by atoms with Gasteiger partial charge in [-0.3, -0.25) is 9.59 Å². The van der Waals surface area contributed by atoms with E-state index in [1.54, 1.807) is 49.8 Å². The highest BCUT2D eigenvalue weighted by molar-refractivity contribution is 5.99. The van der Waals surface area contributed by atoms with Gasteiger partial charge in [0.05, 0.1) is 31.8 Å². The minimum Gasteiger partial charge on any atom is -0.497 e. The lowest BCUT2D eigenvalue weighted by molar-refractivity contribution is -0.125. The molecule has 3 rings (SSSR count). The van der Waals surface area contributed by atoms with Crippen molar-refractivity contribution >= 4 is 17.5 Å². The van der Waals surface area contributed by atoms with Crippen molar-refractivity contribution in [3.8, 4) is 5.75 Å². The van der Waals surface area contributed by atoms with Crippen molar-refractivity contribution in [1.29, 1.82) is 0 Å². The van der Waals surface area contributed by atoms with Crippen LogP contribution in [-0.4, -0.2) is 18.9 Å². The van der Waals surface area contributed by atoms with Gasteiger partial charge < -0.3 is 19.8 Å². The van der Waals surface area contributed by atoms with Crippen molar-refractivity contribution in [2.24, 2.45) is 11.8 Å². The summed E-state index contributed by atoms with van der Waals surface area (Å²) in [5.41, 5.74) is 0.663. The number of hydrogen-bond acceptors (Lipinski definition) is 4. The van der Waals surface area contributed by atoms with Crippen molar-refractivity contribution in [1.82, 2.24) is 5.32 Å². The van der Waals surface area contributed by atoms with Crippen LogP contribution in [0, 0.1) is 11.8 Å². The van der Waals surface area contributed by atoms with E-state index in [-0.39, 0.29) is 23.7 Å². The van der Waals surface area contributed by atoms with Crippen molar-refractivity contribution < 1.29 is 18.7 Å². The van der Waals surface area contributed by atoms with Crippen LogP contribution in [-0.2, 0) is 16.1 Å². The van der Waals surface area contributed by atoms with Gasteiger partial charge in [0.1, 0.15) is 11.5 Å². The maximum absolute atomic E-state index is 12.2. The molecule has 0 radical (unpaired) electrons. The Kier molecular flexibility index (Phi) is 4.32. The quantitative estimate of drug-likeness (QED) is 0.856. The van der Waals surface area contributed by atoms with Crippen LogP contribution < -0.4 is 15.4 Å². The molecule has 1 saturated carbocycles. The monoisotopic (exact) mass is 314 g/mol. The van der Waals surface area contributed by atoms with Crippen LogP contribution in [0.5, 0.6) is 5.75 Å². The van der Waals surface area contributed by atoms with Gasteiger partial charge in [0.2, 0.25) is 11.8 Å². The largest absolute Gasteiger partial charge is 0.497 e. The summed E-state index contributed by atoms with van der Waals surface area (Å²) in [4.78, 5) is 24.2. The Morgan fingerprint density at radius 1 is 1.22 bits per heavy atom. The number of carbonyl (C=O) groups excluding carboxylic acids is 2. The van der Waals surface area contributed by atoms with E-state index in [1.165, 1.54) is 0 Å². The van der Waals surface area contributed by atoms with Gasteiger partial charge in [0.15, 0.2) is 0 Å². The predicted octanol–water partition coefficient (Wildman–Crippen LogP) is 2.18. The zero-order valence-corrected chi connectivity index (χ0v) is 12.7. The molecule has 2 atom stereocenters. The Hall–Kier alpha value is -2.76. The summed E-state index contributed by atoms with van der Waals surface area (Å²) >= 11 is 0. The topological polar surface area (TPSA) is 80.6 Å². The van der Waals surface area contributed by atoms with Gasteiger partial charge in [-0.05, 0) is 30.7 Å². The fourth-order valence-corrected chi connectivity index (χ4v) is 2.43. The van der Waals surface area contributed by atoms with Crippen LogP contribution in [0.15, 0.2) is 47.1 Å². The fourth-order valence-electron chi connectivity index (χ4n) is 2.43. The van der Waals surface area contributed by atoms with Crippen LogP contribution in [0.25, 0.3) is 0 Å². The maximum Gasteiger partial charge on any atom is 0.228 e. The van der Waals surface area contributed by atoms with Gasteiger partial charge in [-0.1, -0.05) is 6.07 Å². The highest BCUT2D eigenvalue weighted by atomic mass is 16.5. The number of anilines is 1. The zero-order chi connectivity index (χ0) is 16.2. The van der Waals surface area contributed by atoms with Crippen molar-refractivity contribution in [3.63, 3.8) is 0 Å². The average molecular weight is 314 g/mol. The molecule has 2 unspecified atom stereocenters. The molecule has 0 bridgehead atoms. The molecule has 1 aliphatic rings. The van der Waals surface area contributed by atoms with Crippen LogP contribution in [0.4, 0.5) is 5.69 Å². The number of nitrogens with one attached hydrogen (secondary N) is 2. The summed E-state index contributed by atoms with van der Waals surface area (Å²) in [7, 11) is 1.57. The Labute approximate surface area is 133 Å². The first-order chi connectivity index (χ1) is 11.2. The predicted molar refractivity (Wildman–Crippen MR) is 83.8 cm³/mol. The zero-order valence-electron chi connectivity index (χ0n) is 12.7. The van der Waals surface area contributed by atoms with Crippen molar-refractivity contribution in [3.05, 3.63) is 48.4 Å². The minimum atomic E-state index is -0.280. The van der Waals surface area contributed by atoms with E-state index in [2.05, 4.69) is 10.6 Å². The van der Waals surface area contributed by atoms with E-state index in [0.29, 0.717) is 30.2 Å². The molecule has 1 aromatic carbocycles. The van der Waals surface area contributed by atoms with E-state index in [4.69, 9.17) is 9.15 Å². The summed E-state index contributed by atoms with van der Waals surface area (Å²) in [6.45, 7) is 0.340. The van der Waals surface area contributed by atoms with Gasteiger partial charge in [0, 0.05) is 11.8 Å². The van der Waals surface area contributed by atoms with Crippen LogP contribution >= 0.6 is 0 Å². The number of rotatable bonds is 6. The molecule has 1 fully saturated rings. The molecule has 1 aromatic heterocycles. The Morgan fingerprint density at radius 3 is 2.78 bits per heavy atom. The SMILES string of the molecule is COc1cccc(NC(=O)C2CC2C(=O)NCc2ccco2)c1. The molecular weight excluding hydrogens is 296 g/mol. The molecule has 120 valence electrons. The van der Waals surface area contributed by atoms with Crippen LogP contribution in [0.3, 0.4) is 0 Å². The standard InChI is InChI=1S/C17H18N2O4/c1-22-12-5-2-4-11(8-12)19-17(21)15-9-14(15)16(20)18-10-13-6-3-7-23-13/h2-8,14-15H,9-10H2,1H3,(H,18,20)(H,19,21). The molecule has 6 nitrogen and oxygen atoms in total. The Morgan fingerprint density at radius 2 is 2.04 bits per heavy atom. The molecule has 1 aliphatic carbocycles. The first-order valence-corrected chi connectivity index (χ1v) is 7.42. The Bertz CT molecular complexity index is 696. The third-order valence-corrected chi connectivity index (χ3v) is 3.82. The lowest BCUT2D eigenvalue weighted by atomic mass is 10.2. The molecule has 2 aromatic rings. The molecule has 2 N–H and O–H groups in total. The molecule has 23 heavy (non-hydrogen) atoms. The lowest BCUT2D eigenvalue weighted by Gasteiger charge is -2.07. The molecule has 0 spiro atoms. The first kappa shape index (κ1) is 15.1. The summed E-state index contributed by atoms with van der Waals surface area (Å²) in [6.07, 6.45) is 2.13. The number of hydrogen-bond donors (Lipinski definition) is 2. The number of furan rings is 1. The second-order valence-electron chi connectivity index (χ2n) is 5.47. The maximum atomic E-state index is 12.2. The summed E-state index contributed by atoms with van der Waals surface area (Å²) in [5.74, 6) is 0.555. The van der Waals surface area contributed by atoms with Gasteiger partial charge in [-0.2, -0.15) is 0 Å². The normalized spacial score (nSPS) is 19.0. The number of methoxy groups -OCH3 is 1. The molecular formula is C17H18N2O4. The van der Waals surface area contributed by atoms with E-state index in [1.807, 2.05) is 0 Å². The molecule has 1 heterocycles. The smallest absolute Gasteiger partial charge is 0.228 e.